The Hall–Kier alpha value is -2.22. The lowest BCUT2D eigenvalue weighted by Gasteiger charge is -2.21. The standard InChI is InChI=1S/C12H12F2N2O4/c13-6-1-2-9(8(14)3-6)15-12(20)16-5-7(17)4-10(16)11(18)19/h1-3,7,10,17H,4-5H2,(H,15,20)(H,18,19)/t7-,10-/m0/s1. The average molecular weight is 286 g/mol. The third-order valence-corrected chi connectivity index (χ3v) is 3.00. The van der Waals surface area contributed by atoms with Gasteiger partial charge in [0.1, 0.15) is 17.7 Å². The average Bonchev–Trinajstić information content (AvgIpc) is 2.75. The van der Waals surface area contributed by atoms with Gasteiger partial charge in [-0.1, -0.05) is 0 Å². The first kappa shape index (κ1) is 14.2. The molecule has 0 aliphatic carbocycles. The van der Waals surface area contributed by atoms with Gasteiger partial charge in [0, 0.05) is 19.0 Å². The molecule has 6 nitrogen and oxygen atoms in total. The molecule has 2 atom stereocenters. The van der Waals surface area contributed by atoms with Crippen LogP contribution in [0.15, 0.2) is 18.2 Å². The van der Waals surface area contributed by atoms with E-state index in [2.05, 4.69) is 5.32 Å². The molecular formula is C12H12F2N2O4. The second-order valence-corrected chi connectivity index (χ2v) is 4.45. The molecular weight excluding hydrogens is 274 g/mol. The maximum absolute atomic E-state index is 13.4. The highest BCUT2D eigenvalue weighted by Crippen LogP contribution is 2.21. The van der Waals surface area contributed by atoms with Crippen molar-refractivity contribution in [1.29, 1.82) is 0 Å². The fraction of sp³-hybridized carbons (Fsp3) is 0.333. The van der Waals surface area contributed by atoms with E-state index in [4.69, 9.17) is 5.11 Å². The Kier molecular flexibility index (Phi) is 3.84. The number of nitrogens with zero attached hydrogens (tertiary/aromatic N) is 1. The van der Waals surface area contributed by atoms with E-state index in [9.17, 15) is 23.5 Å². The predicted octanol–water partition coefficient (Wildman–Crippen LogP) is 1.02. The van der Waals surface area contributed by atoms with E-state index in [1.165, 1.54) is 0 Å². The van der Waals surface area contributed by atoms with Crippen LogP contribution in [0.2, 0.25) is 0 Å². The minimum Gasteiger partial charge on any atom is -0.480 e. The third-order valence-electron chi connectivity index (χ3n) is 3.00. The lowest BCUT2D eigenvalue weighted by Crippen LogP contribution is -2.43. The topological polar surface area (TPSA) is 89.9 Å². The largest absolute Gasteiger partial charge is 0.480 e. The second kappa shape index (κ2) is 5.41. The van der Waals surface area contributed by atoms with Crippen LogP contribution in [0, 0.1) is 11.6 Å². The first-order valence-corrected chi connectivity index (χ1v) is 5.82. The number of aliphatic carboxylic acids is 1. The number of aliphatic hydroxyl groups excluding tert-OH is 1. The van der Waals surface area contributed by atoms with Crippen LogP contribution in [0.25, 0.3) is 0 Å². The Bertz CT molecular complexity index is 552. The van der Waals surface area contributed by atoms with Crippen LogP contribution in [0.4, 0.5) is 19.3 Å². The summed E-state index contributed by atoms with van der Waals surface area (Å²) in [6, 6.07) is 0.563. The molecule has 1 saturated heterocycles. The number of nitrogens with one attached hydrogen (secondary N) is 1. The van der Waals surface area contributed by atoms with Crippen molar-refractivity contribution in [2.24, 2.45) is 0 Å². The summed E-state index contributed by atoms with van der Waals surface area (Å²) in [5.74, 6) is -3.01. The molecule has 1 aliphatic heterocycles. The Morgan fingerprint density at radius 3 is 2.65 bits per heavy atom. The van der Waals surface area contributed by atoms with Gasteiger partial charge in [0.05, 0.1) is 11.8 Å². The van der Waals surface area contributed by atoms with Crippen LogP contribution in [0.5, 0.6) is 0 Å². The number of hydrogen-bond acceptors (Lipinski definition) is 3. The quantitative estimate of drug-likeness (QED) is 0.757. The number of β-amino-alcohol motifs (C(OH)–C–C–N with tert-alkyl or cyclic N) is 1. The lowest BCUT2D eigenvalue weighted by molar-refractivity contribution is -0.141. The molecule has 0 saturated carbocycles. The Morgan fingerprint density at radius 1 is 1.35 bits per heavy atom. The molecule has 2 rings (SSSR count). The van der Waals surface area contributed by atoms with Gasteiger partial charge < -0.3 is 20.4 Å². The van der Waals surface area contributed by atoms with Crippen LogP contribution in [-0.4, -0.2) is 45.8 Å². The molecule has 1 heterocycles. The van der Waals surface area contributed by atoms with Gasteiger partial charge >= 0.3 is 12.0 Å². The van der Waals surface area contributed by atoms with Gasteiger partial charge in [0.25, 0.3) is 0 Å². The molecule has 0 bridgehead atoms. The van der Waals surface area contributed by atoms with E-state index in [1.54, 1.807) is 0 Å². The van der Waals surface area contributed by atoms with Crippen molar-refractivity contribution in [2.75, 3.05) is 11.9 Å². The van der Waals surface area contributed by atoms with Crippen LogP contribution < -0.4 is 5.32 Å². The molecule has 0 radical (unpaired) electrons. The van der Waals surface area contributed by atoms with Crippen molar-refractivity contribution in [1.82, 2.24) is 4.90 Å². The van der Waals surface area contributed by atoms with Crippen LogP contribution in [-0.2, 0) is 4.79 Å². The summed E-state index contributed by atoms with van der Waals surface area (Å²) in [6.07, 6.45) is -1.03. The second-order valence-electron chi connectivity index (χ2n) is 4.45. The molecule has 1 aromatic rings. The zero-order valence-corrected chi connectivity index (χ0v) is 10.2. The summed E-state index contributed by atoms with van der Waals surface area (Å²) in [5, 5.41) is 20.5. The number of aliphatic hydroxyl groups is 1. The number of likely N-dealkylation sites (tertiary alicyclic amines) is 1. The van der Waals surface area contributed by atoms with Gasteiger partial charge in [0.15, 0.2) is 0 Å². The molecule has 108 valence electrons. The molecule has 8 heteroatoms. The maximum atomic E-state index is 13.4. The number of carbonyl (C=O) groups is 2. The number of halogens is 2. The highest BCUT2D eigenvalue weighted by molar-refractivity contribution is 5.92. The molecule has 0 unspecified atom stereocenters. The molecule has 0 spiro atoms. The third kappa shape index (κ3) is 2.85. The summed E-state index contributed by atoms with van der Waals surface area (Å²) in [7, 11) is 0. The summed E-state index contributed by atoms with van der Waals surface area (Å²) in [4.78, 5) is 23.8. The normalized spacial score (nSPS) is 21.9. The van der Waals surface area contributed by atoms with Gasteiger partial charge in [0.2, 0.25) is 0 Å². The number of carbonyl (C=O) groups excluding carboxylic acids is 1. The van der Waals surface area contributed by atoms with Gasteiger partial charge in [-0.3, -0.25) is 0 Å². The highest BCUT2D eigenvalue weighted by Gasteiger charge is 2.39. The predicted molar refractivity (Wildman–Crippen MR) is 64.1 cm³/mol. The van der Waals surface area contributed by atoms with Gasteiger partial charge in [-0.05, 0) is 12.1 Å². The number of benzene rings is 1. The number of rotatable bonds is 2. The van der Waals surface area contributed by atoms with Crippen molar-refractivity contribution < 1.29 is 28.6 Å². The summed E-state index contributed by atoms with van der Waals surface area (Å²) < 4.78 is 26.1. The Morgan fingerprint density at radius 2 is 2.05 bits per heavy atom. The molecule has 1 aromatic carbocycles. The molecule has 3 N–H and O–H groups in total. The number of amides is 2. The minimum absolute atomic E-state index is 0.0886. The van der Waals surface area contributed by atoms with E-state index in [1.807, 2.05) is 0 Å². The van der Waals surface area contributed by atoms with Crippen molar-refractivity contribution in [3.05, 3.63) is 29.8 Å². The van der Waals surface area contributed by atoms with Crippen LogP contribution >= 0.6 is 0 Å². The number of urea groups is 1. The van der Waals surface area contributed by atoms with Crippen LogP contribution in [0.3, 0.4) is 0 Å². The summed E-state index contributed by atoms with van der Waals surface area (Å²) in [6.45, 7) is -0.161. The molecule has 1 aliphatic rings. The van der Waals surface area contributed by atoms with Gasteiger partial charge in [-0.15, -0.1) is 0 Å². The zero-order valence-electron chi connectivity index (χ0n) is 10.2. The van der Waals surface area contributed by atoms with E-state index in [0.717, 1.165) is 17.0 Å². The highest BCUT2D eigenvalue weighted by atomic mass is 19.1. The molecule has 0 aromatic heterocycles. The van der Waals surface area contributed by atoms with Crippen molar-refractivity contribution >= 4 is 17.7 Å². The summed E-state index contributed by atoms with van der Waals surface area (Å²) in [5.41, 5.74) is -0.262. The monoisotopic (exact) mass is 286 g/mol. The van der Waals surface area contributed by atoms with Gasteiger partial charge in [-0.25, -0.2) is 18.4 Å². The fourth-order valence-electron chi connectivity index (χ4n) is 2.05. The van der Waals surface area contributed by atoms with Crippen molar-refractivity contribution in [3.8, 4) is 0 Å². The smallest absolute Gasteiger partial charge is 0.326 e. The van der Waals surface area contributed by atoms with Crippen molar-refractivity contribution in [3.63, 3.8) is 0 Å². The van der Waals surface area contributed by atoms with E-state index >= 15 is 0 Å². The zero-order chi connectivity index (χ0) is 14.9. The van der Waals surface area contributed by atoms with E-state index in [0.29, 0.717) is 6.07 Å². The fourth-order valence-corrected chi connectivity index (χ4v) is 2.05. The number of carboxylic acids is 1. The number of carboxylic acid groups (broad SMARTS) is 1. The minimum atomic E-state index is -1.25. The first-order valence-electron chi connectivity index (χ1n) is 5.82. The molecule has 1 fully saturated rings. The number of hydrogen-bond donors (Lipinski definition) is 3. The summed E-state index contributed by atoms with van der Waals surface area (Å²) >= 11 is 0. The van der Waals surface area contributed by atoms with E-state index in [-0.39, 0.29) is 18.7 Å². The SMILES string of the molecule is O=C(O)[C@@H]1C[C@H](O)CN1C(=O)Nc1ccc(F)cc1F. The Labute approximate surface area is 112 Å². The van der Waals surface area contributed by atoms with Gasteiger partial charge in [-0.2, -0.15) is 0 Å². The molecule has 20 heavy (non-hydrogen) atoms. The maximum Gasteiger partial charge on any atom is 0.326 e. The molecule has 2 amide bonds. The van der Waals surface area contributed by atoms with Crippen molar-refractivity contribution in [2.45, 2.75) is 18.6 Å². The van der Waals surface area contributed by atoms with Crippen LogP contribution in [0.1, 0.15) is 6.42 Å². The van der Waals surface area contributed by atoms with E-state index < -0.39 is 35.8 Å². The Balaban J connectivity index is 2.13. The lowest BCUT2D eigenvalue weighted by atomic mass is 10.2. The first-order chi connectivity index (χ1) is 9.38. The number of anilines is 1.